The number of benzene rings is 2. The lowest BCUT2D eigenvalue weighted by Crippen LogP contribution is -2.11. The predicted octanol–water partition coefficient (Wildman–Crippen LogP) is 6.75. The first-order valence-corrected chi connectivity index (χ1v) is 8.59. The van der Waals surface area contributed by atoms with E-state index in [1.165, 1.54) is 42.5 Å². The second kappa shape index (κ2) is 8.14. The van der Waals surface area contributed by atoms with Gasteiger partial charge in [0.25, 0.3) is 0 Å². The molecule has 158 valence electrons. The minimum Gasteiger partial charge on any atom is -0.457 e. The maximum atomic E-state index is 13.0. The molecule has 3 rings (SSSR count). The van der Waals surface area contributed by atoms with Crippen LogP contribution in [-0.4, -0.2) is 5.78 Å². The smallest absolute Gasteiger partial charge is 0.416 e. The van der Waals surface area contributed by atoms with E-state index in [1.807, 2.05) is 6.07 Å². The van der Waals surface area contributed by atoms with E-state index in [0.717, 1.165) is 6.08 Å². The van der Waals surface area contributed by atoms with Crippen LogP contribution in [-0.2, 0) is 12.4 Å². The molecule has 1 heterocycles. The van der Waals surface area contributed by atoms with Crippen molar-refractivity contribution in [2.75, 3.05) is 0 Å². The molecule has 0 aliphatic heterocycles. The van der Waals surface area contributed by atoms with Gasteiger partial charge in [-0.25, -0.2) is 0 Å². The van der Waals surface area contributed by atoms with Crippen molar-refractivity contribution in [1.29, 1.82) is 5.26 Å². The first-order valence-electron chi connectivity index (χ1n) is 8.59. The maximum absolute atomic E-state index is 13.0. The van der Waals surface area contributed by atoms with Crippen molar-refractivity contribution in [3.8, 4) is 17.4 Å². The van der Waals surface area contributed by atoms with Crippen molar-refractivity contribution >= 4 is 11.9 Å². The van der Waals surface area contributed by atoms with Gasteiger partial charge in [-0.1, -0.05) is 0 Å². The fourth-order valence-corrected chi connectivity index (χ4v) is 2.66. The van der Waals surface area contributed by atoms with Crippen LogP contribution in [0.3, 0.4) is 0 Å². The fourth-order valence-electron chi connectivity index (χ4n) is 2.66. The topological polar surface area (TPSA) is 54.0 Å². The van der Waals surface area contributed by atoms with Gasteiger partial charge >= 0.3 is 12.4 Å². The Morgan fingerprint density at radius 1 is 0.871 bits per heavy atom. The molecule has 31 heavy (non-hydrogen) atoms. The number of alkyl halides is 6. The average Bonchev–Trinajstić information content (AvgIpc) is 3.19. The Morgan fingerprint density at radius 2 is 1.45 bits per heavy atom. The highest BCUT2D eigenvalue weighted by molar-refractivity contribution is 6.06. The van der Waals surface area contributed by atoms with Crippen LogP contribution in [0.2, 0.25) is 0 Å². The van der Waals surface area contributed by atoms with Crippen LogP contribution in [0.1, 0.15) is 32.8 Å². The normalized spacial score (nSPS) is 12.2. The summed E-state index contributed by atoms with van der Waals surface area (Å²) in [6.07, 6.45) is -7.57. The summed E-state index contributed by atoms with van der Waals surface area (Å²) >= 11 is 0. The van der Waals surface area contributed by atoms with Crippen molar-refractivity contribution in [3.63, 3.8) is 0 Å². The molecule has 9 heteroatoms. The highest BCUT2D eigenvalue weighted by Gasteiger charge is 2.37. The van der Waals surface area contributed by atoms with E-state index in [-0.39, 0.29) is 23.2 Å². The standard InChI is InChI=1S/C22H11F6NO2/c23-21(24,25)16-9-15(10-17(11-16)22(26,27)28)20-8-6-18(31-20)5-7-19(30)14-3-1-13(12-29)2-4-14/h1-11H/b7-5+. The van der Waals surface area contributed by atoms with Crippen LogP contribution < -0.4 is 0 Å². The molecule has 0 spiro atoms. The Kier molecular flexibility index (Phi) is 5.75. The molecule has 1 aromatic heterocycles. The van der Waals surface area contributed by atoms with Crippen LogP contribution >= 0.6 is 0 Å². The van der Waals surface area contributed by atoms with E-state index in [1.54, 1.807) is 0 Å². The second-order valence-corrected chi connectivity index (χ2v) is 6.38. The minimum absolute atomic E-state index is 0.0313. The van der Waals surface area contributed by atoms with Crippen molar-refractivity contribution in [3.05, 3.63) is 88.7 Å². The van der Waals surface area contributed by atoms with E-state index >= 15 is 0 Å². The molecule has 0 aliphatic rings. The van der Waals surface area contributed by atoms with Gasteiger partial charge in [-0.05, 0) is 66.7 Å². The molecule has 2 aromatic carbocycles. The van der Waals surface area contributed by atoms with E-state index in [0.29, 0.717) is 17.7 Å². The van der Waals surface area contributed by atoms with Crippen molar-refractivity contribution in [2.24, 2.45) is 0 Å². The molecule has 0 saturated heterocycles. The monoisotopic (exact) mass is 435 g/mol. The number of nitriles is 1. The number of nitrogens with zero attached hydrogens (tertiary/aromatic N) is 1. The zero-order chi connectivity index (χ0) is 22.8. The molecular weight excluding hydrogens is 424 g/mol. The van der Waals surface area contributed by atoms with Gasteiger partial charge in [-0.3, -0.25) is 4.79 Å². The molecule has 3 nitrogen and oxygen atoms in total. The Bertz CT molecular complexity index is 1150. The quantitative estimate of drug-likeness (QED) is 0.259. The number of ketones is 1. The van der Waals surface area contributed by atoms with Gasteiger partial charge in [-0.2, -0.15) is 31.6 Å². The van der Waals surface area contributed by atoms with Gasteiger partial charge in [0, 0.05) is 11.1 Å². The summed E-state index contributed by atoms with van der Waals surface area (Å²) in [5.41, 5.74) is -2.66. The number of hydrogen-bond donors (Lipinski definition) is 0. The Balaban J connectivity index is 1.88. The highest BCUT2D eigenvalue weighted by atomic mass is 19.4. The molecule has 0 N–H and O–H groups in total. The summed E-state index contributed by atoms with van der Waals surface area (Å²) in [6.45, 7) is 0. The van der Waals surface area contributed by atoms with Crippen LogP contribution in [0.5, 0.6) is 0 Å². The van der Waals surface area contributed by atoms with Crippen LogP contribution in [0.4, 0.5) is 26.3 Å². The van der Waals surface area contributed by atoms with Gasteiger partial charge in [-0.15, -0.1) is 0 Å². The first-order chi connectivity index (χ1) is 14.5. The molecule has 0 radical (unpaired) electrons. The Labute approximate surface area is 171 Å². The van der Waals surface area contributed by atoms with E-state index in [9.17, 15) is 31.1 Å². The summed E-state index contributed by atoms with van der Waals surface area (Å²) in [5.74, 6) is -0.592. The summed E-state index contributed by atoms with van der Waals surface area (Å²) in [4.78, 5) is 12.1. The zero-order valence-corrected chi connectivity index (χ0v) is 15.4. The van der Waals surface area contributed by atoms with Crippen molar-refractivity contribution in [2.45, 2.75) is 12.4 Å². The van der Waals surface area contributed by atoms with Crippen LogP contribution in [0, 0.1) is 11.3 Å². The molecule has 0 atom stereocenters. The summed E-state index contributed by atoms with van der Waals surface area (Å²) < 4.78 is 83.4. The third-order valence-electron chi connectivity index (χ3n) is 4.20. The zero-order valence-electron chi connectivity index (χ0n) is 15.4. The summed E-state index contributed by atoms with van der Waals surface area (Å²) in [5, 5.41) is 8.75. The lowest BCUT2D eigenvalue weighted by atomic mass is 10.0. The van der Waals surface area contributed by atoms with Gasteiger partial charge in [0.05, 0.1) is 22.8 Å². The molecule has 0 unspecified atom stereocenters. The third kappa shape index (κ3) is 5.22. The van der Waals surface area contributed by atoms with Gasteiger partial charge in [0.2, 0.25) is 0 Å². The predicted molar refractivity (Wildman–Crippen MR) is 98.7 cm³/mol. The molecule has 0 amide bonds. The average molecular weight is 435 g/mol. The van der Waals surface area contributed by atoms with E-state index < -0.39 is 34.8 Å². The maximum Gasteiger partial charge on any atom is 0.416 e. The lowest BCUT2D eigenvalue weighted by Gasteiger charge is -2.13. The third-order valence-corrected chi connectivity index (χ3v) is 4.20. The Morgan fingerprint density at radius 3 is 1.97 bits per heavy atom. The lowest BCUT2D eigenvalue weighted by molar-refractivity contribution is -0.143. The van der Waals surface area contributed by atoms with Crippen molar-refractivity contribution in [1.82, 2.24) is 0 Å². The number of furan rings is 1. The molecular formula is C22H11F6NO2. The SMILES string of the molecule is N#Cc1ccc(C(=O)/C=C/c2ccc(-c3cc(C(F)(F)F)cc(C(F)(F)F)c3)o2)cc1. The summed E-state index contributed by atoms with van der Waals surface area (Å²) in [6, 6.07) is 11.4. The van der Waals surface area contributed by atoms with E-state index in [2.05, 4.69) is 0 Å². The van der Waals surface area contributed by atoms with Gasteiger partial charge < -0.3 is 4.42 Å². The summed E-state index contributed by atoms with van der Waals surface area (Å²) in [7, 11) is 0. The first kappa shape index (κ1) is 21.9. The largest absolute Gasteiger partial charge is 0.457 e. The molecule has 0 fully saturated rings. The fraction of sp³-hybridized carbons (Fsp3) is 0.0909. The van der Waals surface area contributed by atoms with Crippen molar-refractivity contribution < 1.29 is 35.6 Å². The molecule has 0 aliphatic carbocycles. The number of halogens is 6. The Hall–Kier alpha value is -3.80. The minimum atomic E-state index is -4.97. The highest BCUT2D eigenvalue weighted by Crippen LogP contribution is 2.39. The molecule has 0 bridgehead atoms. The van der Waals surface area contributed by atoms with Gasteiger partial charge in [0.15, 0.2) is 5.78 Å². The number of allylic oxidation sites excluding steroid dienone is 1. The molecule has 0 saturated carbocycles. The van der Waals surface area contributed by atoms with Crippen LogP contribution in [0.25, 0.3) is 17.4 Å². The van der Waals surface area contributed by atoms with Gasteiger partial charge in [0.1, 0.15) is 11.5 Å². The second-order valence-electron chi connectivity index (χ2n) is 6.38. The number of carbonyl (C=O) groups excluding carboxylic acids is 1. The number of carbonyl (C=O) groups is 1. The number of rotatable bonds is 4. The number of hydrogen-bond acceptors (Lipinski definition) is 3. The molecule has 3 aromatic rings. The van der Waals surface area contributed by atoms with E-state index in [4.69, 9.17) is 9.68 Å². The van der Waals surface area contributed by atoms with Crippen LogP contribution in [0.15, 0.2) is 65.1 Å².